The van der Waals surface area contributed by atoms with Gasteiger partial charge in [-0.25, -0.2) is 0 Å². The van der Waals surface area contributed by atoms with Gasteiger partial charge in [0.25, 0.3) is 0 Å². The number of rotatable bonds is 4. The molecular weight excluding hydrogens is 284 g/mol. The Kier molecular flexibility index (Phi) is 4.35. The van der Waals surface area contributed by atoms with Crippen LogP contribution >= 0.6 is 10.0 Å². The summed E-state index contributed by atoms with van der Waals surface area (Å²) in [6, 6.07) is 30.4. The van der Waals surface area contributed by atoms with Crippen molar-refractivity contribution in [2.24, 2.45) is 0 Å². The fraction of sp³-hybridized carbons (Fsp3) is 0.0952. The van der Waals surface area contributed by atoms with Crippen molar-refractivity contribution in [2.75, 3.05) is 5.75 Å². The first kappa shape index (κ1) is 14.9. The average Bonchev–Trinajstić information content (AvgIpc) is 2.59. The molecule has 0 aliphatic carbocycles. The summed E-state index contributed by atoms with van der Waals surface area (Å²) in [6.45, 7) is 6.57. The quantitative estimate of drug-likeness (QED) is 0.510. The van der Waals surface area contributed by atoms with Crippen molar-refractivity contribution in [2.45, 2.75) is 21.6 Å². The highest BCUT2D eigenvalue weighted by atomic mass is 32.3. The molecule has 22 heavy (non-hydrogen) atoms. The summed E-state index contributed by atoms with van der Waals surface area (Å²) in [5.74, 6) is 0.867. The van der Waals surface area contributed by atoms with Crippen LogP contribution in [0.15, 0.2) is 99.6 Å². The molecule has 112 valence electrons. The second-order valence-electron chi connectivity index (χ2n) is 5.33. The zero-order valence-electron chi connectivity index (χ0n) is 12.9. The minimum atomic E-state index is -1.31. The monoisotopic (exact) mass is 305 g/mol. The molecular formula is C21H21S-. The third kappa shape index (κ3) is 2.46. The van der Waals surface area contributed by atoms with Crippen LogP contribution < -0.4 is 0 Å². The van der Waals surface area contributed by atoms with Crippen LogP contribution in [0, 0.1) is 13.8 Å². The Labute approximate surface area is 135 Å². The van der Waals surface area contributed by atoms with Crippen molar-refractivity contribution in [1.82, 2.24) is 0 Å². The molecule has 3 rings (SSSR count). The van der Waals surface area contributed by atoms with Crippen molar-refractivity contribution >= 4 is 10.0 Å². The number of hydrogen-bond acceptors (Lipinski definition) is 0. The zero-order chi connectivity index (χ0) is 15.4. The third-order valence-corrected chi connectivity index (χ3v) is 8.04. The fourth-order valence-electron chi connectivity index (χ4n) is 2.99. The molecule has 0 amide bonds. The lowest BCUT2D eigenvalue weighted by molar-refractivity contribution is 1.22. The molecule has 0 aromatic heterocycles. The predicted molar refractivity (Wildman–Crippen MR) is 96.7 cm³/mol. The summed E-state index contributed by atoms with van der Waals surface area (Å²) in [7, 11) is -1.31. The second kappa shape index (κ2) is 6.41. The van der Waals surface area contributed by atoms with Gasteiger partial charge in [-0.3, -0.25) is 0 Å². The maximum absolute atomic E-state index is 4.37. The van der Waals surface area contributed by atoms with Gasteiger partial charge in [-0.05, 0) is 57.5 Å². The molecule has 0 atom stereocenters. The molecule has 3 aromatic carbocycles. The fourth-order valence-corrected chi connectivity index (χ4v) is 6.63. The van der Waals surface area contributed by atoms with E-state index in [-0.39, 0.29) is 0 Å². The van der Waals surface area contributed by atoms with Gasteiger partial charge in [0.05, 0.1) is 0 Å². The van der Waals surface area contributed by atoms with Crippen LogP contribution in [0.2, 0.25) is 0 Å². The van der Waals surface area contributed by atoms with Crippen LogP contribution in [0.5, 0.6) is 0 Å². The number of benzene rings is 3. The normalized spacial score (nSPS) is 12.1. The second-order valence-corrected chi connectivity index (χ2v) is 8.60. The van der Waals surface area contributed by atoms with Crippen molar-refractivity contribution in [3.8, 4) is 0 Å². The van der Waals surface area contributed by atoms with E-state index in [1.807, 2.05) is 0 Å². The van der Waals surface area contributed by atoms with Crippen LogP contribution in [-0.4, -0.2) is 5.75 Å². The molecule has 0 bridgehead atoms. The molecule has 0 fully saturated rings. The molecule has 0 N–H and O–H groups in total. The third-order valence-electron chi connectivity index (χ3n) is 4.07. The lowest BCUT2D eigenvalue weighted by Gasteiger charge is -2.44. The Hall–Kier alpha value is -1.99. The van der Waals surface area contributed by atoms with E-state index in [0.717, 1.165) is 5.75 Å². The summed E-state index contributed by atoms with van der Waals surface area (Å²) < 4.78 is 0. The Morgan fingerprint density at radius 3 is 1.59 bits per heavy atom. The highest BCUT2D eigenvalue weighted by Crippen LogP contribution is 2.68. The van der Waals surface area contributed by atoms with E-state index in [9.17, 15) is 0 Å². The largest absolute Gasteiger partial charge is 0.334 e. The topological polar surface area (TPSA) is 0 Å². The summed E-state index contributed by atoms with van der Waals surface area (Å²) in [5.41, 5.74) is 1.34. The van der Waals surface area contributed by atoms with E-state index < -0.39 is 10.0 Å². The van der Waals surface area contributed by atoms with Gasteiger partial charge in [-0.2, -0.15) is 10.0 Å². The minimum absolute atomic E-state index is 0.867. The van der Waals surface area contributed by atoms with Crippen LogP contribution in [0.4, 0.5) is 0 Å². The zero-order valence-corrected chi connectivity index (χ0v) is 13.7. The summed E-state index contributed by atoms with van der Waals surface area (Å²) >= 11 is 0. The number of aryl methyl sites for hydroxylation is 1. The van der Waals surface area contributed by atoms with E-state index in [0.29, 0.717) is 0 Å². The van der Waals surface area contributed by atoms with Gasteiger partial charge in [0.15, 0.2) is 0 Å². The molecule has 0 spiro atoms. The van der Waals surface area contributed by atoms with E-state index in [4.69, 9.17) is 0 Å². The Morgan fingerprint density at radius 2 is 1.14 bits per heavy atom. The Bertz CT molecular complexity index is 693. The summed E-state index contributed by atoms with van der Waals surface area (Å²) in [5, 5.41) is 0. The van der Waals surface area contributed by atoms with Gasteiger partial charge in [0, 0.05) is 0 Å². The molecule has 0 nitrogen and oxygen atoms in total. The molecule has 0 aliphatic heterocycles. The first-order valence-corrected chi connectivity index (χ1v) is 9.35. The van der Waals surface area contributed by atoms with Crippen LogP contribution in [0.1, 0.15) is 5.56 Å². The molecule has 1 heteroatoms. The van der Waals surface area contributed by atoms with Crippen molar-refractivity contribution < 1.29 is 0 Å². The van der Waals surface area contributed by atoms with Gasteiger partial charge < -0.3 is 6.92 Å². The van der Waals surface area contributed by atoms with E-state index >= 15 is 0 Å². The van der Waals surface area contributed by atoms with Crippen molar-refractivity contribution in [3.05, 3.63) is 97.4 Å². The van der Waals surface area contributed by atoms with Gasteiger partial charge in [0.1, 0.15) is 0 Å². The molecule has 3 aromatic rings. The lowest BCUT2D eigenvalue weighted by Crippen LogP contribution is -2.07. The number of hydrogen-bond donors (Lipinski definition) is 0. The smallest absolute Gasteiger partial charge is 0.00126 e. The average molecular weight is 305 g/mol. The summed E-state index contributed by atoms with van der Waals surface area (Å²) in [6.07, 6.45) is 0. The highest BCUT2D eigenvalue weighted by molar-refractivity contribution is 8.34. The first-order chi connectivity index (χ1) is 10.8. The van der Waals surface area contributed by atoms with Crippen LogP contribution in [0.25, 0.3) is 0 Å². The van der Waals surface area contributed by atoms with Gasteiger partial charge in [-0.1, -0.05) is 54.6 Å². The Balaban J connectivity index is 2.34. The van der Waals surface area contributed by atoms with Crippen LogP contribution in [0.3, 0.4) is 0 Å². The van der Waals surface area contributed by atoms with Gasteiger partial charge >= 0.3 is 0 Å². The van der Waals surface area contributed by atoms with E-state index in [1.54, 1.807) is 0 Å². The molecule has 0 aliphatic rings. The summed E-state index contributed by atoms with van der Waals surface area (Å²) in [4.78, 5) is 4.18. The van der Waals surface area contributed by atoms with Gasteiger partial charge in [0.2, 0.25) is 0 Å². The maximum atomic E-state index is 4.37. The SMILES string of the molecule is [CH2-]CS(c1ccccc1)(c1ccccc1)c1ccccc1C. The van der Waals surface area contributed by atoms with E-state index in [2.05, 4.69) is 98.8 Å². The highest BCUT2D eigenvalue weighted by Gasteiger charge is 2.27. The van der Waals surface area contributed by atoms with Crippen LogP contribution in [-0.2, 0) is 0 Å². The molecule has 0 unspecified atom stereocenters. The van der Waals surface area contributed by atoms with Gasteiger partial charge in [-0.15, -0.1) is 5.75 Å². The maximum Gasteiger partial charge on any atom is -0.00126 e. The minimum Gasteiger partial charge on any atom is -0.334 e. The van der Waals surface area contributed by atoms with Crippen molar-refractivity contribution in [3.63, 3.8) is 0 Å². The standard InChI is InChI=1S/C21H21S/c1-3-22(19-13-6-4-7-14-19,20-15-8-5-9-16-20)21-17-11-10-12-18(21)2/h4-17H,1,3H2,2H3/q-1. The van der Waals surface area contributed by atoms with E-state index in [1.165, 1.54) is 20.2 Å². The molecule has 0 radical (unpaired) electrons. The first-order valence-electron chi connectivity index (χ1n) is 7.55. The predicted octanol–water partition coefficient (Wildman–Crippen LogP) is 6.11. The lowest BCUT2D eigenvalue weighted by atomic mass is 10.2. The van der Waals surface area contributed by atoms with Crippen molar-refractivity contribution in [1.29, 1.82) is 0 Å². The molecule has 0 saturated carbocycles. The Morgan fingerprint density at radius 1 is 0.682 bits per heavy atom. The molecule has 0 heterocycles. The molecule has 0 saturated heterocycles.